The SMILES string of the molecule is c1cnc(N2CCO[C@H](c3ccn[nH]3)C2)cn1. The lowest BCUT2D eigenvalue weighted by molar-refractivity contribution is 0.0367. The Morgan fingerprint density at radius 2 is 2.35 bits per heavy atom. The second-order valence-electron chi connectivity index (χ2n) is 3.88. The number of nitrogens with one attached hydrogen (secondary N) is 1. The zero-order valence-corrected chi connectivity index (χ0v) is 9.28. The second-order valence-corrected chi connectivity index (χ2v) is 3.88. The smallest absolute Gasteiger partial charge is 0.147 e. The summed E-state index contributed by atoms with van der Waals surface area (Å²) in [5, 5.41) is 6.88. The Balaban J connectivity index is 1.76. The van der Waals surface area contributed by atoms with Crippen molar-refractivity contribution in [2.24, 2.45) is 0 Å². The number of hydrogen-bond acceptors (Lipinski definition) is 5. The van der Waals surface area contributed by atoms with Crippen LogP contribution in [0.5, 0.6) is 0 Å². The van der Waals surface area contributed by atoms with E-state index in [4.69, 9.17) is 4.74 Å². The summed E-state index contributed by atoms with van der Waals surface area (Å²) in [4.78, 5) is 10.6. The van der Waals surface area contributed by atoms with E-state index in [1.54, 1.807) is 24.8 Å². The van der Waals surface area contributed by atoms with Gasteiger partial charge in [0.25, 0.3) is 0 Å². The van der Waals surface area contributed by atoms with Crippen molar-refractivity contribution in [1.29, 1.82) is 0 Å². The summed E-state index contributed by atoms with van der Waals surface area (Å²) >= 11 is 0. The molecule has 0 radical (unpaired) electrons. The minimum absolute atomic E-state index is 0.0215. The molecule has 1 atom stereocenters. The molecule has 0 amide bonds. The highest BCUT2D eigenvalue weighted by Crippen LogP contribution is 2.22. The molecule has 6 heteroatoms. The summed E-state index contributed by atoms with van der Waals surface area (Å²) in [6, 6.07) is 1.94. The van der Waals surface area contributed by atoms with Crippen LogP contribution in [0.25, 0.3) is 0 Å². The molecule has 3 heterocycles. The predicted octanol–water partition coefficient (Wildman–Crippen LogP) is 0.778. The lowest BCUT2D eigenvalue weighted by atomic mass is 10.2. The van der Waals surface area contributed by atoms with E-state index in [0.29, 0.717) is 6.61 Å². The monoisotopic (exact) mass is 231 g/mol. The van der Waals surface area contributed by atoms with Crippen LogP contribution >= 0.6 is 0 Å². The maximum absolute atomic E-state index is 5.71. The first-order chi connectivity index (χ1) is 8.43. The van der Waals surface area contributed by atoms with E-state index in [9.17, 15) is 0 Å². The van der Waals surface area contributed by atoms with Gasteiger partial charge in [-0.25, -0.2) is 4.98 Å². The fourth-order valence-electron chi connectivity index (χ4n) is 1.95. The fourth-order valence-corrected chi connectivity index (χ4v) is 1.95. The highest BCUT2D eigenvalue weighted by molar-refractivity contribution is 5.36. The van der Waals surface area contributed by atoms with Crippen molar-refractivity contribution in [3.05, 3.63) is 36.5 Å². The lowest BCUT2D eigenvalue weighted by Gasteiger charge is -2.32. The maximum atomic E-state index is 5.71. The average molecular weight is 231 g/mol. The zero-order valence-electron chi connectivity index (χ0n) is 9.28. The Bertz CT molecular complexity index is 458. The molecule has 17 heavy (non-hydrogen) atoms. The molecule has 0 saturated carbocycles. The Hall–Kier alpha value is -1.95. The summed E-state index contributed by atoms with van der Waals surface area (Å²) in [6.45, 7) is 2.28. The lowest BCUT2D eigenvalue weighted by Crippen LogP contribution is -2.39. The van der Waals surface area contributed by atoms with E-state index in [2.05, 4.69) is 25.1 Å². The number of aromatic nitrogens is 4. The van der Waals surface area contributed by atoms with Gasteiger partial charge in [-0.2, -0.15) is 5.10 Å². The van der Waals surface area contributed by atoms with Crippen LogP contribution in [0.1, 0.15) is 11.8 Å². The Morgan fingerprint density at radius 1 is 1.35 bits per heavy atom. The van der Waals surface area contributed by atoms with Crippen molar-refractivity contribution in [1.82, 2.24) is 20.2 Å². The molecule has 0 bridgehead atoms. The van der Waals surface area contributed by atoms with Gasteiger partial charge in [0.1, 0.15) is 11.9 Å². The van der Waals surface area contributed by atoms with Crippen LogP contribution in [0.3, 0.4) is 0 Å². The first-order valence-corrected chi connectivity index (χ1v) is 5.55. The van der Waals surface area contributed by atoms with Crippen LogP contribution in [-0.4, -0.2) is 39.9 Å². The molecule has 88 valence electrons. The van der Waals surface area contributed by atoms with Gasteiger partial charge in [0.05, 0.1) is 25.0 Å². The summed E-state index contributed by atoms with van der Waals surface area (Å²) in [5.74, 6) is 0.889. The minimum atomic E-state index is 0.0215. The predicted molar refractivity (Wildman–Crippen MR) is 61.5 cm³/mol. The number of H-pyrrole nitrogens is 1. The molecule has 1 N–H and O–H groups in total. The quantitative estimate of drug-likeness (QED) is 0.827. The molecule has 2 aromatic rings. The average Bonchev–Trinajstić information content (AvgIpc) is 2.94. The number of hydrogen-bond donors (Lipinski definition) is 1. The number of aromatic amines is 1. The zero-order chi connectivity index (χ0) is 11.5. The molecular formula is C11H13N5O. The number of nitrogens with zero attached hydrogens (tertiary/aromatic N) is 4. The van der Waals surface area contributed by atoms with E-state index < -0.39 is 0 Å². The van der Waals surface area contributed by atoms with Gasteiger partial charge >= 0.3 is 0 Å². The van der Waals surface area contributed by atoms with E-state index in [1.165, 1.54) is 0 Å². The van der Waals surface area contributed by atoms with Crippen LogP contribution in [0.4, 0.5) is 5.82 Å². The largest absolute Gasteiger partial charge is 0.368 e. The van der Waals surface area contributed by atoms with Gasteiger partial charge in [-0.15, -0.1) is 0 Å². The van der Waals surface area contributed by atoms with Crippen LogP contribution in [0, 0.1) is 0 Å². The summed E-state index contributed by atoms with van der Waals surface area (Å²) in [6.07, 6.45) is 6.91. The standard InChI is InChI=1S/C11H13N5O/c1-2-14-15-9(1)10-8-16(5-6-17-10)11-7-12-3-4-13-11/h1-4,7,10H,5-6,8H2,(H,14,15)/t10-/m0/s1. The Labute approximate surface area is 98.7 Å². The third-order valence-corrected chi connectivity index (χ3v) is 2.81. The summed E-state index contributed by atoms with van der Waals surface area (Å²) < 4.78 is 5.71. The van der Waals surface area contributed by atoms with Crippen LogP contribution in [-0.2, 0) is 4.74 Å². The Morgan fingerprint density at radius 3 is 3.12 bits per heavy atom. The van der Waals surface area contributed by atoms with Gasteiger partial charge in [0, 0.05) is 25.1 Å². The molecule has 1 aliphatic rings. The van der Waals surface area contributed by atoms with Crippen molar-refractivity contribution in [2.45, 2.75) is 6.10 Å². The maximum Gasteiger partial charge on any atom is 0.147 e. The molecular weight excluding hydrogens is 218 g/mol. The van der Waals surface area contributed by atoms with E-state index in [0.717, 1.165) is 24.6 Å². The van der Waals surface area contributed by atoms with Gasteiger partial charge in [0.2, 0.25) is 0 Å². The van der Waals surface area contributed by atoms with Crippen LogP contribution in [0.2, 0.25) is 0 Å². The van der Waals surface area contributed by atoms with Gasteiger partial charge in [0.15, 0.2) is 0 Å². The van der Waals surface area contributed by atoms with Gasteiger partial charge in [-0.1, -0.05) is 0 Å². The highest BCUT2D eigenvalue weighted by atomic mass is 16.5. The third kappa shape index (κ3) is 2.12. The van der Waals surface area contributed by atoms with Crippen LogP contribution in [0.15, 0.2) is 30.9 Å². The Kier molecular flexibility index (Phi) is 2.71. The first kappa shape index (κ1) is 10.2. The fraction of sp³-hybridized carbons (Fsp3) is 0.364. The van der Waals surface area contributed by atoms with Crippen molar-refractivity contribution >= 4 is 5.82 Å². The number of rotatable bonds is 2. The molecule has 0 unspecified atom stereocenters. The van der Waals surface area contributed by atoms with E-state index >= 15 is 0 Å². The van der Waals surface area contributed by atoms with Crippen molar-refractivity contribution < 1.29 is 4.74 Å². The van der Waals surface area contributed by atoms with Gasteiger partial charge in [-0.3, -0.25) is 10.1 Å². The van der Waals surface area contributed by atoms with E-state index in [1.807, 2.05) is 6.07 Å². The summed E-state index contributed by atoms with van der Waals surface area (Å²) in [7, 11) is 0. The molecule has 0 spiro atoms. The topological polar surface area (TPSA) is 66.9 Å². The third-order valence-electron chi connectivity index (χ3n) is 2.81. The van der Waals surface area contributed by atoms with Gasteiger partial charge in [-0.05, 0) is 6.07 Å². The first-order valence-electron chi connectivity index (χ1n) is 5.55. The molecule has 1 saturated heterocycles. The highest BCUT2D eigenvalue weighted by Gasteiger charge is 2.23. The minimum Gasteiger partial charge on any atom is -0.368 e. The van der Waals surface area contributed by atoms with Gasteiger partial charge < -0.3 is 9.64 Å². The molecule has 0 aliphatic carbocycles. The molecule has 3 rings (SSSR count). The van der Waals surface area contributed by atoms with Crippen molar-refractivity contribution in [3.8, 4) is 0 Å². The molecule has 2 aromatic heterocycles. The molecule has 0 aromatic carbocycles. The number of anilines is 1. The van der Waals surface area contributed by atoms with Crippen molar-refractivity contribution in [2.75, 3.05) is 24.6 Å². The molecule has 1 fully saturated rings. The second kappa shape index (κ2) is 4.50. The van der Waals surface area contributed by atoms with E-state index in [-0.39, 0.29) is 6.10 Å². The normalized spacial score (nSPS) is 20.5. The number of morpholine rings is 1. The molecule has 6 nitrogen and oxygen atoms in total. The number of ether oxygens (including phenoxy) is 1. The van der Waals surface area contributed by atoms with Crippen molar-refractivity contribution in [3.63, 3.8) is 0 Å². The van der Waals surface area contributed by atoms with Crippen LogP contribution < -0.4 is 4.90 Å². The molecule has 1 aliphatic heterocycles. The summed E-state index contributed by atoms with van der Waals surface area (Å²) in [5.41, 5.74) is 0.999.